The van der Waals surface area contributed by atoms with E-state index in [2.05, 4.69) is 27.3 Å². The molecule has 2 atom stereocenters. The summed E-state index contributed by atoms with van der Waals surface area (Å²) in [6.45, 7) is 1.25. The fraction of sp³-hybridized carbons (Fsp3) is 0.692. The van der Waals surface area contributed by atoms with E-state index >= 15 is 0 Å². The number of aliphatic hydroxyl groups excluding tert-OH is 1. The first-order chi connectivity index (χ1) is 8.70. The van der Waals surface area contributed by atoms with Gasteiger partial charge in [0.1, 0.15) is 0 Å². The Hall–Kier alpha value is 0.0600. The van der Waals surface area contributed by atoms with Gasteiger partial charge in [-0.3, -0.25) is 0 Å². The number of rotatable bonds is 6. The molecule has 0 aromatic carbocycles. The highest BCUT2D eigenvalue weighted by Gasteiger charge is 2.22. The van der Waals surface area contributed by atoms with Crippen LogP contribution in [-0.4, -0.2) is 31.5 Å². The summed E-state index contributed by atoms with van der Waals surface area (Å²) in [7, 11) is 1.62. The van der Waals surface area contributed by atoms with Crippen molar-refractivity contribution in [2.24, 2.45) is 0 Å². The Labute approximate surface area is 121 Å². The van der Waals surface area contributed by atoms with E-state index in [1.54, 1.807) is 7.11 Å². The first-order valence-corrected chi connectivity index (χ1v) is 8.00. The van der Waals surface area contributed by atoms with Gasteiger partial charge in [-0.2, -0.15) is 0 Å². The Morgan fingerprint density at radius 2 is 2.50 bits per heavy atom. The molecule has 18 heavy (non-hydrogen) atoms. The summed E-state index contributed by atoms with van der Waals surface area (Å²) in [6.07, 6.45) is 4.02. The monoisotopic (exact) mass is 333 g/mol. The molecule has 1 aliphatic carbocycles. The first-order valence-electron chi connectivity index (χ1n) is 6.39. The number of aryl methyl sites for hydroxylation is 1. The summed E-state index contributed by atoms with van der Waals surface area (Å²) >= 11 is 5.42. The van der Waals surface area contributed by atoms with Crippen molar-refractivity contribution >= 4 is 27.3 Å². The fourth-order valence-corrected chi connectivity index (χ4v) is 4.25. The van der Waals surface area contributed by atoms with E-state index in [9.17, 15) is 5.11 Å². The fourth-order valence-electron chi connectivity index (χ4n) is 2.43. The highest BCUT2D eigenvalue weighted by atomic mass is 79.9. The van der Waals surface area contributed by atoms with Crippen LogP contribution in [0.1, 0.15) is 35.7 Å². The summed E-state index contributed by atoms with van der Waals surface area (Å²) in [6, 6.07) is 2.69. The van der Waals surface area contributed by atoms with E-state index in [0.717, 1.165) is 13.0 Å². The molecule has 2 N–H and O–H groups in total. The van der Waals surface area contributed by atoms with Crippen LogP contribution in [0.15, 0.2) is 9.85 Å². The van der Waals surface area contributed by atoms with Crippen molar-refractivity contribution in [2.45, 2.75) is 37.8 Å². The number of hydrogen-bond acceptors (Lipinski definition) is 4. The number of halogens is 1. The number of ether oxygens (including phenoxy) is 1. The van der Waals surface area contributed by atoms with Crippen molar-refractivity contribution < 1.29 is 9.84 Å². The average Bonchev–Trinajstić information content (AvgIpc) is 2.70. The second-order valence-corrected chi connectivity index (χ2v) is 7.24. The summed E-state index contributed by atoms with van der Waals surface area (Å²) in [5.41, 5.74) is 1.44. The number of thiophene rings is 1. The van der Waals surface area contributed by atoms with Crippen molar-refractivity contribution in [1.29, 1.82) is 0 Å². The Morgan fingerprint density at radius 1 is 1.67 bits per heavy atom. The summed E-state index contributed by atoms with van der Waals surface area (Å²) in [5, 5.41) is 13.2. The SMILES string of the molecule is COCC(O)CCNC1CCCc2sc(Br)cc21. The van der Waals surface area contributed by atoms with Gasteiger partial charge in [0.2, 0.25) is 0 Å². The van der Waals surface area contributed by atoms with Gasteiger partial charge in [0.25, 0.3) is 0 Å². The minimum atomic E-state index is -0.361. The molecule has 0 radical (unpaired) electrons. The molecule has 0 saturated carbocycles. The zero-order valence-electron chi connectivity index (χ0n) is 10.6. The van der Waals surface area contributed by atoms with E-state index in [1.807, 2.05) is 11.3 Å². The zero-order chi connectivity index (χ0) is 13.0. The van der Waals surface area contributed by atoms with Gasteiger partial charge in [0.05, 0.1) is 16.5 Å². The summed E-state index contributed by atoms with van der Waals surface area (Å²) < 4.78 is 6.15. The molecule has 1 heterocycles. The van der Waals surface area contributed by atoms with Crippen LogP contribution in [0, 0.1) is 0 Å². The van der Waals surface area contributed by atoms with Gasteiger partial charge in [-0.05, 0) is 59.8 Å². The molecular formula is C13H20BrNO2S. The van der Waals surface area contributed by atoms with Crippen molar-refractivity contribution in [3.05, 3.63) is 20.3 Å². The predicted octanol–water partition coefficient (Wildman–Crippen LogP) is 2.88. The third-order valence-corrected chi connectivity index (χ3v) is 5.02. The molecule has 1 aliphatic rings. The average molecular weight is 334 g/mol. The molecule has 0 saturated heterocycles. The standard InChI is InChI=1S/C13H20BrNO2S/c1-17-8-9(16)5-6-15-11-3-2-4-12-10(11)7-13(14)18-12/h7,9,11,15-16H,2-6,8H2,1H3. The lowest BCUT2D eigenvalue weighted by Gasteiger charge is -2.24. The normalized spacial score (nSPS) is 20.7. The van der Waals surface area contributed by atoms with Crippen LogP contribution in [0.5, 0.6) is 0 Å². The van der Waals surface area contributed by atoms with Crippen LogP contribution in [0.3, 0.4) is 0 Å². The number of aliphatic hydroxyl groups is 1. The lowest BCUT2D eigenvalue weighted by atomic mass is 9.94. The van der Waals surface area contributed by atoms with Crippen LogP contribution in [-0.2, 0) is 11.2 Å². The Kier molecular flexibility index (Phi) is 5.63. The molecule has 3 nitrogen and oxygen atoms in total. The first kappa shape index (κ1) is 14.5. The minimum Gasteiger partial charge on any atom is -0.391 e. The smallest absolute Gasteiger partial charge is 0.0785 e. The molecule has 5 heteroatoms. The lowest BCUT2D eigenvalue weighted by Crippen LogP contribution is -2.28. The molecule has 0 aliphatic heterocycles. The third kappa shape index (κ3) is 3.78. The number of fused-ring (bicyclic) bond motifs is 1. The van der Waals surface area contributed by atoms with Crippen molar-refractivity contribution in [2.75, 3.05) is 20.3 Å². The Bertz CT molecular complexity index is 383. The molecule has 2 rings (SSSR count). The van der Waals surface area contributed by atoms with Gasteiger partial charge < -0.3 is 15.2 Å². The molecule has 2 unspecified atom stereocenters. The topological polar surface area (TPSA) is 41.5 Å². The van der Waals surface area contributed by atoms with E-state index in [1.165, 1.54) is 33.5 Å². The molecule has 1 aromatic rings. The zero-order valence-corrected chi connectivity index (χ0v) is 13.0. The maximum absolute atomic E-state index is 9.61. The minimum absolute atomic E-state index is 0.361. The molecule has 0 fully saturated rings. The molecule has 0 spiro atoms. The largest absolute Gasteiger partial charge is 0.391 e. The molecular weight excluding hydrogens is 314 g/mol. The quantitative estimate of drug-likeness (QED) is 0.841. The number of hydrogen-bond donors (Lipinski definition) is 2. The Morgan fingerprint density at radius 3 is 3.28 bits per heavy atom. The van der Waals surface area contributed by atoms with Gasteiger partial charge in [0, 0.05) is 18.0 Å². The van der Waals surface area contributed by atoms with E-state index in [0.29, 0.717) is 12.6 Å². The van der Waals surface area contributed by atoms with Gasteiger partial charge in [0.15, 0.2) is 0 Å². The van der Waals surface area contributed by atoms with Crippen LogP contribution in [0.2, 0.25) is 0 Å². The van der Waals surface area contributed by atoms with Crippen LogP contribution in [0.4, 0.5) is 0 Å². The van der Waals surface area contributed by atoms with E-state index in [4.69, 9.17) is 4.74 Å². The van der Waals surface area contributed by atoms with Gasteiger partial charge >= 0.3 is 0 Å². The second-order valence-electron chi connectivity index (χ2n) is 4.73. The van der Waals surface area contributed by atoms with Crippen molar-refractivity contribution in [3.63, 3.8) is 0 Å². The van der Waals surface area contributed by atoms with Gasteiger partial charge in [-0.1, -0.05) is 0 Å². The third-order valence-electron chi connectivity index (χ3n) is 3.31. The molecule has 1 aromatic heterocycles. The highest BCUT2D eigenvalue weighted by molar-refractivity contribution is 9.11. The summed E-state index contributed by atoms with van der Waals surface area (Å²) in [4.78, 5) is 1.50. The van der Waals surface area contributed by atoms with Crippen LogP contribution >= 0.6 is 27.3 Å². The maximum atomic E-state index is 9.61. The maximum Gasteiger partial charge on any atom is 0.0785 e. The summed E-state index contributed by atoms with van der Waals surface area (Å²) in [5.74, 6) is 0. The highest BCUT2D eigenvalue weighted by Crippen LogP contribution is 2.37. The van der Waals surface area contributed by atoms with Gasteiger partial charge in [-0.25, -0.2) is 0 Å². The lowest BCUT2D eigenvalue weighted by molar-refractivity contribution is 0.0588. The van der Waals surface area contributed by atoms with E-state index in [-0.39, 0.29) is 6.10 Å². The van der Waals surface area contributed by atoms with Crippen molar-refractivity contribution in [3.8, 4) is 0 Å². The number of nitrogens with one attached hydrogen (secondary N) is 1. The van der Waals surface area contributed by atoms with Gasteiger partial charge in [-0.15, -0.1) is 11.3 Å². The Balaban J connectivity index is 1.84. The van der Waals surface area contributed by atoms with Crippen LogP contribution in [0.25, 0.3) is 0 Å². The molecule has 102 valence electrons. The molecule has 0 bridgehead atoms. The number of methoxy groups -OCH3 is 1. The van der Waals surface area contributed by atoms with Crippen LogP contribution < -0.4 is 5.32 Å². The second kappa shape index (κ2) is 7.01. The molecule has 0 amide bonds. The predicted molar refractivity (Wildman–Crippen MR) is 78.2 cm³/mol. The van der Waals surface area contributed by atoms with Crippen molar-refractivity contribution in [1.82, 2.24) is 5.32 Å². The van der Waals surface area contributed by atoms with E-state index < -0.39 is 0 Å².